The number of halogens is 1. The van der Waals surface area contributed by atoms with Crippen LogP contribution in [0.15, 0.2) is 28.7 Å². The van der Waals surface area contributed by atoms with Crippen molar-refractivity contribution in [2.24, 2.45) is 5.41 Å². The highest BCUT2D eigenvalue weighted by molar-refractivity contribution is 9.10. The van der Waals surface area contributed by atoms with Gasteiger partial charge in [-0.1, -0.05) is 28.9 Å². The SMILES string of the molecule is CCC1(C(=O)O)CCN(C(=O)c2cccc(Br)c2)C1. The minimum absolute atomic E-state index is 0.0992. The van der Waals surface area contributed by atoms with E-state index in [1.807, 2.05) is 13.0 Å². The van der Waals surface area contributed by atoms with Gasteiger partial charge in [-0.2, -0.15) is 0 Å². The van der Waals surface area contributed by atoms with Gasteiger partial charge >= 0.3 is 5.97 Å². The van der Waals surface area contributed by atoms with Gasteiger partial charge in [-0.3, -0.25) is 9.59 Å². The highest BCUT2D eigenvalue weighted by atomic mass is 79.9. The normalized spacial score (nSPS) is 22.5. The van der Waals surface area contributed by atoms with Gasteiger partial charge in [0.25, 0.3) is 5.91 Å². The zero-order valence-corrected chi connectivity index (χ0v) is 12.3. The maximum absolute atomic E-state index is 12.3. The van der Waals surface area contributed by atoms with Gasteiger partial charge in [-0.05, 0) is 31.0 Å². The number of amides is 1. The first-order valence-corrected chi connectivity index (χ1v) is 7.06. The molecule has 19 heavy (non-hydrogen) atoms. The van der Waals surface area contributed by atoms with Crippen LogP contribution in [0.2, 0.25) is 0 Å². The van der Waals surface area contributed by atoms with E-state index in [1.165, 1.54) is 0 Å². The zero-order chi connectivity index (χ0) is 14.0. The van der Waals surface area contributed by atoms with Crippen LogP contribution in [0, 0.1) is 5.41 Å². The standard InChI is InChI=1S/C14H16BrNO3/c1-2-14(13(18)19)6-7-16(9-14)12(17)10-4-3-5-11(15)8-10/h3-5,8H,2,6-7,9H2,1H3,(H,18,19). The zero-order valence-electron chi connectivity index (χ0n) is 10.7. The summed E-state index contributed by atoms with van der Waals surface area (Å²) in [5, 5.41) is 9.33. The Labute approximate surface area is 120 Å². The lowest BCUT2D eigenvalue weighted by molar-refractivity contribution is -0.148. The molecule has 1 amide bonds. The lowest BCUT2D eigenvalue weighted by Crippen LogP contribution is -2.36. The van der Waals surface area contributed by atoms with Gasteiger partial charge < -0.3 is 10.0 Å². The number of rotatable bonds is 3. The molecule has 102 valence electrons. The van der Waals surface area contributed by atoms with Crippen LogP contribution in [0.5, 0.6) is 0 Å². The number of carbonyl (C=O) groups excluding carboxylic acids is 1. The van der Waals surface area contributed by atoms with E-state index in [2.05, 4.69) is 15.9 Å². The van der Waals surface area contributed by atoms with E-state index < -0.39 is 11.4 Å². The summed E-state index contributed by atoms with van der Waals surface area (Å²) in [6, 6.07) is 7.17. The third-order valence-electron chi connectivity index (χ3n) is 3.84. The lowest BCUT2D eigenvalue weighted by atomic mass is 9.84. The molecule has 1 aliphatic rings. The van der Waals surface area contributed by atoms with Crippen molar-refractivity contribution in [2.45, 2.75) is 19.8 Å². The first kappa shape index (κ1) is 14.1. The Morgan fingerprint density at radius 3 is 2.74 bits per heavy atom. The fraction of sp³-hybridized carbons (Fsp3) is 0.429. The molecule has 0 bridgehead atoms. The van der Waals surface area contributed by atoms with E-state index in [9.17, 15) is 14.7 Å². The van der Waals surface area contributed by atoms with Gasteiger partial charge in [0.05, 0.1) is 5.41 Å². The number of carbonyl (C=O) groups is 2. The van der Waals surface area contributed by atoms with Crippen LogP contribution in [0.3, 0.4) is 0 Å². The minimum Gasteiger partial charge on any atom is -0.481 e. The quantitative estimate of drug-likeness (QED) is 0.929. The average molecular weight is 326 g/mol. The molecule has 1 aromatic carbocycles. The molecule has 4 nitrogen and oxygen atoms in total. The molecule has 5 heteroatoms. The second kappa shape index (κ2) is 5.33. The summed E-state index contributed by atoms with van der Waals surface area (Å²) in [5.74, 6) is -0.905. The first-order valence-electron chi connectivity index (χ1n) is 6.27. The number of benzene rings is 1. The van der Waals surface area contributed by atoms with Gasteiger partial charge in [-0.15, -0.1) is 0 Å². The Kier molecular flexibility index (Phi) is 3.94. The molecule has 1 heterocycles. The number of hydrogen-bond acceptors (Lipinski definition) is 2. The molecule has 1 N–H and O–H groups in total. The van der Waals surface area contributed by atoms with Crippen LogP contribution >= 0.6 is 15.9 Å². The molecule has 2 rings (SSSR count). The Bertz CT molecular complexity index is 517. The Morgan fingerprint density at radius 2 is 2.21 bits per heavy atom. The lowest BCUT2D eigenvalue weighted by Gasteiger charge is -2.23. The third-order valence-corrected chi connectivity index (χ3v) is 4.34. The van der Waals surface area contributed by atoms with Crippen LogP contribution < -0.4 is 0 Å². The van der Waals surface area contributed by atoms with Gasteiger partial charge in [-0.25, -0.2) is 0 Å². The minimum atomic E-state index is -0.806. The summed E-state index contributed by atoms with van der Waals surface area (Å²) in [7, 11) is 0. The summed E-state index contributed by atoms with van der Waals surface area (Å²) in [6.07, 6.45) is 1.07. The molecule has 1 saturated heterocycles. The molecule has 0 aromatic heterocycles. The van der Waals surface area contributed by atoms with Crippen LogP contribution in [0.1, 0.15) is 30.1 Å². The highest BCUT2D eigenvalue weighted by Gasteiger charge is 2.44. The number of hydrogen-bond donors (Lipinski definition) is 1. The Hall–Kier alpha value is -1.36. The van der Waals surface area contributed by atoms with Crippen molar-refractivity contribution in [1.29, 1.82) is 0 Å². The second-order valence-electron chi connectivity index (χ2n) is 4.93. The summed E-state index contributed by atoms with van der Waals surface area (Å²) in [5.41, 5.74) is -0.187. The molecule has 0 radical (unpaired) electrons. The monoisotopic (exact) mass is 325 g/mol. The fourth-order valence-corrected chi connectivity index (χ4v) is 2.86. The summed E-state index contributed by atoms with van der Waals surface area (Å²) in [4.78, 5) is 25.3. The van der Waals surface area contributed by atoms with Crippen LogP contribution in [-0.4, -0.2) is 35.0 Å². The molecular formula is C14H16BrNO3. The highest BCUT2D eigenvalue weighted by Crippen LogP contribution is 2.34. The van der Waals surface area contributed by atoms with Crippen molar-refractivity contribution in [3.63, 3.8) is 0 Å². The summed E-state index contributed by atoms with van der Waals surface area (Å²) < 4.78 is 0.845. The molecule has 1 fully saturated rings. The second-order valence-corrected chi connectivity index (χ2v) is 5.84. The molecule has 0 spiro atoms. The van der Waals surface area contributed by atoms with Crippen molar-refractivity contribution in [3.8, 4) is 0 Å². The summed E-state index contributed by atoms with van der Waals surface area (Å²) >= 11 is 3.33. The third kappa shape index (κ3) is 2.66. The van der Waals surface area contributed by atoms with Crippen LogP contribution in [0.25, 0.3) is 0 Å². The Morgan fingerprint density at radius 1 is 1.47 bits per heavy atom. The van der Waals surface area contributed by atoms with Crippen molar-refractivity contribution >= 4 is 27.8 Å². The van der Waals surface area contributed by atoms with Crippen LogP contribution in [0.4, 0.5) is 0 Å². The molecular weight excluding hydrogens is 310 g/mol. The number of aliphatic carboxylic acids is 1. The number of carboxylic acids is 1. The first-order chi connectivity index (χ1) is 8.98. The molecule has 0 saturated carbocycles. The van der Waals surface area contributed by atoms with Crippen molar-refractivity contribution in [1.82, 2.24) is 4.90 Å². The van der Waals surface area contributed by atoms with Crippen LogP contribution in [-0.2, 0) is 4.79 Å². The topological polar surface area (TPSA) is 57.6 Å². The maximum Gasteiger partial charge on any atom is 0.311 e. The summed E-state index contributed by atoms with van der Waals surface area (Å²) in [6.45, 7) is 2.66. The molecule has 1 aromatic rings. The van der Waals surface area contributed by atoms with Crippen molar-refractivity contribution < 1.29 is 14.7 Å². The smallest absolute Gasteiger partial charge is 0.311 e. The largest absolute Gasteiger partial charge is 0.481 e. The van der Waals surface area contributed by atoms with E-state index in [1.54, 1.807) is 23.1 Å². The van der Waals surface area contributed by atoms with E-state index in [0.717, 1.165) is 4.47 Å². The predicted octanol–water partition coefficient (Wildman–Crippen LogP) is 2.78. The van der Waals surface area contributed by atoms with Crippen molar-refractivity contribution in [3.05, 3.63) is 34.3 Å². The Balaban J connectivity index is 2.17. The van der Waals surface area contributed by atoms with Crippen molar-refractivity contribution in [2.75, 3.05) is 13.1 Å². The van der Waals surface area contributed by atoms with Gasteiger partial charge in [0.2, 0.25) is 0 Å². The molecule has 1 unspecified atom stereocenters. The maximum atomic E-state index is 12.3. The predicted molar refractivity (Wildman–Crippen MR) is 75.0 cm³/mol. The van der Waals surface area contributed by atoms with Gasteiger partial charge in [0.15, 0.2) is 0 Å². The van der Waals surface area contributed by atoms with E-state index in [4.69, 9.17) is 0 Å². The van der Waals surface area contributed by atoms with E-state index >= 15 is 0 Å². The molecule has 1 atom stereocenters. The fourth-order valence-electron chi connectivity index (χ4n) is 2.46. The number of nitrogens with zero attached hydrogens (tertiary/aromatic N) is 1. The van der Waals surface area contributed by atoms with E-state index in [0.29, 0.717) is 31.5 Å². The number of carboxylic acid groups (broad SMARTS) is 1. The van der Waals surface area contributed by atoms with Gasteiger partial charge in [0.1, 0.15) is 0 Å². The molecule has 0 aliphatic carbocycles. The molecule has 1 aliphatic heterocycles. The average Bonchev–Trinajstić information content (AvgIpc) is 2.83. The van der Waals surface area contributed by atoms with E-state index in [-0.39, 0.29) is 5.91 Å². The number of likely N-dealkylation sites (tertiary alicyclic amines) is 1. The van der Waals surface area contributed by atoms with Gasteiger partial charge in [0, 0.05) is 23.1 Å².